The van der Waals surface area contributed by atoms with Gasteiger partial charge in [0, 0.05) is 33.0 Å². The molecule has 0 bridgehead atoms. The van der Waals surface area contributed by atoms with Crippen molar-refractivity contribution in [3.63, 3.8) is 0 Å². The molecule has 0 spiro atoms. The molecule has 0 aromatic heterocycles. The van der Waals surface area contributed by atoms with Crippen molar-refractivity contribution >= 4 is 15.8 Å². The van der Waals surface area contributed by atoms with Gasteiger partial charge in [-0.25, -0.2) is 8.42 Å². The third-order valence-electron chi connectivity index (χ3n) is 3.14. The van der Waals surface area contributed by atoms with E-state index in [9.17, 15) is 8.42 Å². The average Bonchev–Trinajstić information content (AvgIpc) is 2.74. The molecule has 1 aliphatic rings. The standard InChI is InChI=1S/C12H25N3O3S/c1-12(6-4-8-18-12)10-15-11(13-2)14-7-5-9-19(3,16)17/h4-10H2,1-3H3,(H2,13,14,15). The molecule has 0 radical (unpaired) electrons. The molecule has 0 aliphatic carbocycles. The van der Waals surface area contributed by atoms with Crippen molar-refractivity contribution in [3.8, 4) is 0 Å². The Labute approximate surface area is 115 Å². The van der Waals surface area contributed by atoms with Crippen molar-refractivity contribution in [2.75, 3.05) is 38.8 Å². The zero-order valence-electron chi connectivity index (χ0n) is 12.0. The van der Waals surface area contributed by atoms with E-state index in [2.05, 4.69) is 22.5 Å². The van der Waals surface area contributed by atoms with Crippen LogP contribution in [0, 0.1) is 0 Å². The third kappa shape index (κ3) is 6.77. The molecule has 0 aromatic rings. The van der Waals surface area contributed by atoms with E-state index in [4.69, 9.17) is 4.74 Å². The summed E-state index contributed by atoms with van der Waals surface area (Å²) in [6, 6.07) is 0. The predicted molar refractivity (Wildman–Crippen MR) is 77.3 cm³/mol. The van der Waals surface area contributed by atoms with Crippen LogP contribution in [0.3, 0.4) is 0 Å². The van der Waals surface area contributed by atoms with Gasteiger partial charge in [-0.1, -0.05) is 0 Å². The normalized spacial score (nSPS) is 24.5. The molecule has 0 amide bonds. The van der Waals surface area contributed by atoms with Crippen LogP contribution in [0.2, 0.25) is 0 Å². The van der Waals surface area contributed by atoms with E-state index >= 15 is 0 Å². The number of sulfone groups is 1. The summed E-state index contributed by atoms with van der Waals surface area (Å²) in [5, 5.41) is 6.32. The Morgan fingerprint density at radius 2 is 2.16 bits per heavy atom. The van der Waals surface area contributed by atoms with Crippen LogP contribution in [-0.2, 0) is 14.6 Å². The molecule has 19 heavy (non-hydrogen) atoms. The van der Waals surface area contributed by atoms with Gasteiger partial charge in [0.25, 0.3) is 0 Å². The minimum absolute atomic E-state index is 0.121. The van der Waals surface area contributed by atoms with Crippen LogP contribution in [0.4, 0.5) is 0 Å². The molecule has 1 rings (SSSR count). The van der Waals surface area contributed by atoms with Gasteiger partial charge in [0.1, 0.15) is 9.84 Å². The number of hydrogen-bond donors (Lipinski definition) is 2. The number of guanidine groups is 1. The number of nitrogens with one attached hydrogen (secondary N) is 2. The zero-order valence-corrected chi connectivity index (χ0v) is 12.8. The SMILES string of the molecule is CN=C(NCCCS(C)(=O)=O)NCC1(C)CCCO1. The monoisotopic (exact) mass is 291 g/mol. The van der Waals surface area contributed by atoms with Gasteiger partial charge in [-0.3, -0.25) is 4.99 Å². The Hall–Kier alpha value is -0.820. The first kappa shape index (κ1) is 16.2. The fourth-order valence-electron chi connectivity index (χ4n) is 2.01. The molecule has 7 heteroatoms. The van der Waals surface area contributed by atoms with Crippen molar-refractivity contribution in [1.29, 1.82) is 0 Å². The predicted octanol–water partition coefficient (Wildman–Crippen LogP) is 0.155. The van der Waals surface area contributed by atoms with E-state index in [-0.39, 0.29) is 11.4 Å². The van der Waals surface area contributed by atoms with E-state index in [0.717, 1.165) is 19.4 Å². The number of hydrogen-bond acceptors (Lipinski definition) is 4. The summed E-state index contributed by atoms with van der Waals surface area (Å²) < 4.78 is 27.7. The molecule has 112 valence electrons. The molecule has 0 saturated carbocycles. The number of ether oxygens (including phenoxy) is 1. The first-order chi connectivity index (χ1) is 8.85. The lowest BCUT2D eigenvalue weighted by molar-refractivity contribution is 0.0243. The molecule has 2 N–H and O–H groups in total. The second kappa shape index (κ2) is 7.09. The van der Waals surface area contributed by atoms with E-state index in [1.807, 2.05) is 0 Å². The third-order valence-corrected chi connectivity index (χ3v) is 4.17. The Morgan fingerprint density at radius 1 is 1.42 bits per heavy atom. The van der Waals surface area contributed by atoms with Gasteiger partial charge < -0.3 is 15.4 Å². The zero-order chi connectivity index (χ0) is 14.4. The van der Waals surface area contributed by atoms with Gasteiger partial charge >= 0.3 is 0 Å². The van der Waals surface area contributed by atoms with Crippen molar-refractivity contribution in [1.82, 2.24) is 10.6 Å². The van der Waals surface area contributed by atoms with Gasteiger partial charge in [-0.15, -0.1) is 0 Å². The van der Waals surface area contributed by atoms with Crippen molar-refractivity contribution < 1.29 is 13.2 Å². The topological polar surface area (TPSA) is 79.8 Å². The maximum absolute atomic E-state index is 11.0. The summed E-state index contributed by atoms with van der Waals surface area (Å²) in [6.07, 6.45) is 3.97. The number of rotatable bonds is 6. The maximum Gasteiger partial charge on any atom is 0.191 e. The highest BCUT2D eigenvalue weighted by Gasteiger charge is 2.29. The fourth-order valence-corrected chi connectivity index (χ4v) is 2.68. The van der Waals surface area contributed by atoms with E-state index in [1.54, 1.807) is 7.05 Å². The summed E-state index contributed by atoms with van der Waals surface area (Å²) in [6.45, 7) is 4.20. The smallest absolute Gasteiger partial charge is 0.191 e. The molecule has 1 atom stereocenters. The van der Waals surface area contributed by atoms with Crippen LogP contribution in [0.15, 0.2) is 4.99 Å². The van der Waals surface area contributed by atoms with Crippen LogP contribution in [0.1, 0.15) is 26.2 Å². The molecule has 6 nitrogen and oxygen atoms in total. The Kier molecular flexibility index (Phi) is 6.06. The quantitative estimate of drug-likeness (QED) is 0.414. The number of aliphatic imine (C=N–C) groups is 1. The number of nitrogens with zero attached hydrogens (tertiary/aromatic N) is 1. The van der Waals surface area contributed by atoms with Crippen LogP contribution >= 0.6 is 0 Å². The summed E-state index contributed by atoms with van der Waals surface area (Å²) >= 11 is 0. The first-order valence-corrected chi connectivity index (χ1v) is 8.67. The minimum atomic E-state index is -2.88. The van der Waals surface area contributed by atoms with Crippen molar-refractivity contribution in [2.45, 2.75) is 31.8 Å². The highest BCUT2D eigenvalue weighted by Crippen LogP contribution is 2.23. The summed E-state index contributed by atoms with van der Waals surface area (Å²) in [5.74, 6) is 0.878. The van der Waals surface area contributed by atoms with Crippen LogP contribution in [0.5, 0.6) is 0 Å². The van der Waals surface area contributed by atoms with Crippen molar-refractivity contribution in [2.24, 2.45) is 4.99 Å². The van der Waals surface area contributed by atoms with E-state index in [0.29, 0.717) is 25.5 Å². The van der Waals surface area contributed by atoms with Crippen LogP contribution in [-0.4, -0.2) is 58.7 Å². The van der Waals surface area contributed by atoms with E-state index in [1.165, 1.54) is 6.26 Å². The Bertz CT molecular complexity index is 400. The van der Waals surface area contributed by atoms with Gasteiger partial charge in [0.15, 0.2) is 5.96 Å². The minimum Gasteiger partial charge on any atom is -0.373 e. The van der Waals surface area contributed by atoms with E-state index < -0.39 is 9.84 Å². The molecule has 1 unspecified atom stereocenters. The second-order valence-electron chi connectivity index (χ2n) is 5.24. The van der Waals surface area contributed by atoms with Gasteiger partial charge in [-0.2, -0.15) is 0 Å². The molecular formula is C12H25N3O3S. The van der Waals surface area contributed by atoms with Gasteiger partial charge in [0.2, 0.25) is 0 Å². The molecule has 1 heterocycles. The molecule has 0 aromatic carbocycles. The molecule has 1 fully saturated rings. The highest BCUT2D eigenvalue weighted by molar-refractivity contribution is 7.90. The highest BCUT2D eigenvalue weighted by atomic mass is 32.2. The summed E-state index contributed by atoms with van der Waals surface area (Å²) in [4.78, 5) is 4.10. The average molecular weight is 291 g/mol. The largest absolute Gasteiger partial charge is 0.373 e. The fraction of sp³-hybridized carbons (Fsp3) is 0.917. The van der Waals surface area contributed by atoms with Crippen LogP contribution in [0.25, 0.3) is 0 Å². The maximum atomic E-state index is 11.0. The Morgan fingerprint density at radius 3 is 2.68 bits per heavy atom. The molecule has 1 aliphatic heterocycles. The second-order valence-corrected chi connectivity index (χ2v) is 7.50. The van der Waals surface area contributed by atoms with Crippen LogP contribution < -0.4 is 10.6 Å². The lowest BCUT2D eigenvalue weighted by Gasteiger charge is -2.24. The van der Waals surface area contributed by atoms with Gasteiger partial charge in [-0.05, 0) is 26.2 Å². The van der Waals surface area contributed by atoms with Crippen molar-refractivity contribution in [3.05, 3.63) is 0 Å². The lowest BCUT2D eigenvalue weighted by Crippen LogP contribution is -2.45. The lowest BCUT2D eigenvalue weighted by atomic mass is 10.0. The first-order valence-electron chi connectivity index (χ1n) is 6.61. The Balaban J connectivity index is 2.23. The summed E-state index contributed by atoms with van der Waals surface area (Å²) in [7, 11) is -1.19. The molecular weight excluding hydrogens is 266 g/mol. The summed E-state index contributed by atoms with van der Waals surface area (Å²) in [5.41, 5.74) is -0.121. The molecule has 1 saturated heterocycles. The van der Waals surface area contributed by atoms with Gasteiger partial charge in [0.05, 0.1) is 11.4 Å².